The fraction of sp³-hybridized carbons (Fsp3) is 0.600. The number of rotatable bonds is 5. The van der Waals surface area contributed by atoms with Gasteiger partial charge in [0, 0.05) is 24.9 Å². The molecule has 0 unspecified atom stereocenters. The van der Waals surface area contributed by atoms with E-state index in [1.54, 1.807) is 18.2 Å². The predicted octanol–water partition coefficient (Wildman–Crippen LogP) is 1.31. The lowest BCUT2D eigenvalue weighted by molar-refractivity contribution is -0.157. The number of nitrogens with one attached hydrogen (secondary N) is 2. The van der Waals surface area contributed by atoms with Gasteiger partial charge in [-0.25, -0.2) is 4.39 Å². The Morgan fingerprint density at radius 2 is 2.11 bits per heavy atom. The number of para-hydroxylation sites is 1. The molecule has 4 rings (SSSR count). The predicted molar refractivity (Wildman–Crippen MR) is 97.6 cm³/mol. The molecule has 0 aromatic heterocycles. The van der Waals surface area contributed by atoms with Crippen LogP contribution in [0.15, 0.2) is 24.3 Å². The van der Waals surface area contributed by atoms with E-state index in [2.05, 4.69) is 10.6 Å². The van der Waals surface area contributed by atoms with Crippen molar-refractivity contribution >= 4 is 11.8 Å². The molecule has 1 aromatic carbocycles. The molecule has 6 nitrogen and oxygen atoms in total. The van der Waals surface area contributed by atoms with Crippen molar-refractivity contribution in [1.82, 2.24) is 15.5 Å². The summed E-state index contributed by atoms with van der Waals surface area (Å²) in [4.78, 5) is 27.4. The highest BCUT2D eigenvalue weighted by atomic mass is 19.1. The van der Waals surface area contributed by atoms with E-state index in [4.69, 9.17) is 4.74 Å². The Labute approximate surface area is 158 Å². The normalized spacial score (nSPS) is 29.8. The SMILES string of the molecule is O=C(NCCOc1ccccc1F)[C@H]1[C@@H]2CNC[C@@H](C2)[C@@H]2CCCC(=O)N21. The van der Waals surface area contributed by atoms with Crippen molar-refractivity contribution in [2.75, 3.05) is 26.2 Å². The number of piperidine rings is 3. The van der Waals surface area contributed by atoms with Crippen LogP contribution < -0.4 is 15.4 Å². The van der Waals surface area contributed by atoms with Crippen LogP contribution in [0.4, 0.5) is 4.39 Å². The topological polar surface area (TPSA) is 70.7 Å². The van der Waals surface area contributed by atoms with E-state index < -0.39 is 11.9 Å². The molecule has 7 heteroatoms. The third-order valence-electron chi connectivity index (χ3n) is 6.01. The van der Waals surface area contributed by atoms with Crippen LogP contribution >= 0.6 is 0 Å². The molecule has 4 atom stereocenters. The number of halogens is 1. The van der Waals surface area contributed by atoms with Crippen molar-refractivity contribution in [3.05, 3.63) is 30.1 Å². The van der Waals surface area contributed by atoms with Crippen molar-refractivity contribution in [2.45, 2.75) is 37.8 Å². The molecule has 0 radical (unpaired) electrons. The molecule has 146 valence electrons. The molecule has 0 aliphatic carbocycles. The molecule has 3 saturated heterocycles. The fourth-order valence-corrected chi connectivity index (χ4v) is 4.85. The number of ether oxygens (including phenoxy) is 1. The zero-order chi connectivity index (χ0) is 18.8. The molecular weight excluding hydrogens is 349 g/mol. The Morgan fingerprint density at radius 1 is 1.30 bits per heavy atom. The maximum absolute atomic E-state index is 13.6. The van der Waals surface area contributed by atoms with Gasteiger partial charge in [0.05, 0.1) is 6.54 Å². The summed E-state index contributed by atoms with van der Waals surface area (Å²) >= 11 is 0. The smallest absolute Gasteiger partial charge is 0.243 e. The summed E-state index contributed by atoms with van der Waals surface area (Å²) in [6.07, 6.45) is 3.41. The van der Waals surface area contributed by atoms with Crippen molar-refractivity contribution < 1.29 is 18.7 Å². The molecule has 27 heavy (non-hydrogen) atoms. The monoisotopic (exact) mass is 375 g/mol. The van der Waals surface area contributed by atoms with Crippen LogP contribution in [-0.2, 0) is 9.59 Å². The summed E-state index contributed by atoms with van der Waals surface area (Å²) in [7, 11) is 0. The first-order chi connectivity index (χ1) is 13.1. The maximum Gasteiger partial charge on any atom is 0.243 e. The molecule has 3 heterocycles. The van der Waals surface area contributed by atoms with E-state index >= 15 is 0 Å². The number of carbonyl (C=O) groups excluding carboxylic acids is 2. The van der Waals surface area contributed by atoms with Crippen LogP contribution in [-0.4, -0.2) is 55.0 Å². The van der Waals surface area contributed by atoms with E-state index in [1.165, 1.54) is 6.07 Å². The second-order valence-corrected chi connectivity index (χ2v) is 7.69. The molecule has 0 spiro atoms. The molecular formula is C20H26FN3O3. The van der Waals surface area contributed by atoms with E-state index in [9.17, 15) is 14.0 Å². The first kappa shape index (κ1) is 18.2. The lowest BCUT2D eigenvalue weighted by Gasteiger charge is -2.53. The van der Waals surface area contributed by atoms with Gasteiger partial charge in [0.15, 0.2) is 11.6 Å². The third kappa shape index (κ3) is 3.65. The van der Waals surface area contributed by atoms with Gasteiger partial charge in [0.25, 0.3) is 0 Å². The highest BCUT2D eigenvalue weighted by Gasteiger charge is 2.50. The van der Waals surface area contributed by atoms with Gasteiger partial charge in [-0.3, -0.25) is 9.59 Å². The third-order valence-corrected chi connectivity index (χ3v) is 6.01. The summed E-state index contributed by atoms with van der Waals surface area (Å²) in [5.74, 6) is 0.327. The first-order valence-corrected chi connectivity index (χ1v) is 9.82. The molecule has 2 N–H and O–H groups in total. The molecule has 1 aromatic rings. The number of carbonyl (C=O) groups is 2. The Bertz CT molecular complexity index is 713. The standard InChI is InChI=1S/C20H26FN3O3/c21-15-4-1-2-6-17(15)27-9-8-23-20(26)19-14-10-13(11-22-12-14)16-5-3-7-18(25)24(16)19/h1-2,4,6,13-14,16,19,22H,3,5,7-12H2,(H,23,26)/t13-,14+,16+,19-/m1/s1. The summed E-state index contributed by atoms with van der Waals surface area (Å²) < 4.78 is 19.0. The zero-order valence-corrected chi connectivity index (χ0v) is 15.3. The second-order valence-electron chi connectivity index (χ2n) is 7.69. The summed E-state index contributed by atoms with van der Waals surface area (Å²) in [6.45, 7) is 2.15. The van der Waals surface area contributed by atoms with Crippen LogP contribution in [0.1, 0.15) is 25.7 Å². The van der Waals surface area contributed by atoms with Gasteiger partial charge in [-0.15, -0.1) is 0 Å². The van der Waals surface area contributed by atoms with Gasteiger partial charge in [0.2, 0.25) is 11.8 Å². The number of amides is 2. The highest BCUT2D eigenvalue weighted by Crippen LogP contribution is 2.39. The molecule has 3 aliphatic heterocycles. The molecule has 3 aliphatic rings. The van der Waals surface area contributed by atoms with Gasteiger partial charge in [-0.05, 0) is 43.9 Å². The second kappa shape index (κ2) is 7.84. The first-order valence-electron chi connectivity index (χ1n) is 9.82. The lowest BCUT2D eigenvalue weighted by Crippen LogP contribution is -2.68. The van der Waals surface area contributed by atoms with Gasteiger partial charge < -0.3 is 20.3 Å². The maximum atomic E-state index is 13.6. The molecule has 0 saturated carbocycles. The molecule has 2 amide bonds. The minimum Gasteiger partial charge on any atom is -0.489 e. The van der Waals surface area contributed by atoms with E-state index in [0.29, 0.717) is 12.3 Å². The average molecular weight is 375 g/mol. The fourth-order valence-electron chi connectivity index (χ4n) is 4.85. The Balaban J connectivity index is 1.37. The highest BCUT2D eigenvalue weighted by molar-refractivity contribution is 5.89. The number of hydrogen-bond acceptors (Lipinski definition) is 4. The quantitative estimate of drug-likeness (QED) is 0.762. The van der Waals surface area contributed by atoms with Crippen LogP contribution in [0.5, 0.6) is 5.75 Å². The number of fused-ring (bicyclic) bond motifs is 4. The van der Waals surface area contributed by atoms with Crippen molar-refractivity contribution in [3.8, 4) is 5.75 Å². The number of nitrogens with zero attached hydrogens (tertiary/aromatic N) is 1. The van der Waals surface area contributed by atoms with Crippen LogP contribution in [0, 0.1) is 17.7 Å². The van der Waals surface area contributed by atoms with Crippen LogP contribution in [0.25, 0.3) is 0 Å². The van der Waals surface area contributed by atoms with E-state index in [1.807, 2.05) is 4.90 Å². The van der Waals surface area contributed by atoms with E-state index in [0.717, 1.165) is 32.4 Å². The van der Waals surface area contributed by atoms with Crippen LogP contribution in [0.3, 0.4) is 0 Å². The lowest BCUT2D eigenvalue weighted by atomic mass is 9.72. The zero-order valence-electron chi connectivity index (χ0n) is 15.3. The molecule has 3 fully saturated rings. The summed E-state index contributed by atoms with van der Waals surface area (Å²) in [6, 6.07) is 5.95. The van der Waals surface area contributed by atoms with Gasteiger partial charge >= 0.3 is 0 Å². The Kier molecular flexibility index (Phi) is 5.29. The molecule has 2 bridgehead atoms. The van der Waals surface area contributed by atoms with Gasteiger partial charge in [0.1, 0.15) is 12.6 Å². The van der Waals surface area contributed by atoms with Crippen molar-refractivity contribution in [1.29, 1.82) is 0 Å². The average Bonchev–Trinajstić information content (AvgIpc) is 2.68. The minimum absolute atomic E-state index is 0.102. The van der Waals surface area contributed by atoms with E-state index in [-0.39, 0.29) is 42.7 Å². The summed E-state index contributed by atoms with van der Waals surface area (Å²) in [5.41, 5.74) is 0. The van der Waals surface area contributed by atoms with Crippen molar-refractivity contribution in [3.63, 3.8) is 0 Å². The van der Waals surface area contributed by atoms with Gasteiger partial charge in [-0.2, -0.15) is 0 Å². The number of benzene rings is 1. The Hall–Kier alpha value is -2.15. The Morgan fingerprint density at radius 3 is 2.96 bits per heavy atom. The van der Waals surface area contributed by atoms with Gasteiger partial charge in [-0.1, -0.05) is 12.1 Å². The minimum atomic E-state index is -0.419. The van der Waals surface area contributed by atoms with Crippen molar-refractivity contribution in [2.24, 2.45) is 11.8 Å². The largest absolute Gasteiger partial charge is 0.489 e. The van der Waals surface area contributed by atoms with Crippen LogP contribution in [0.2, 0.25) is 0 Å². The number of hydrogen-bond donors (Lipinski definition) is 2. The summed E-state index contributed by atoms with van der Waals surface area (Å²) in [5, 5.41) is 6.32.